The molecule has 0 aliphatic carbocycles. The summed E-state index contributed by atoms with van der Waals surface area (Å²) in [7, 11) is 0. The van der Waals surface area contributed by atoms with Gasteiger partial charge >= 0.3 is 5.69 Å². The van der Waals surface area contributed by atoms with E-state index in [2.05, 4.69) is 10.3 Å². The highest BCUT2D eigenvalue weighted by molar-refractivity contribution is 6.13. The summed E-state index contributed by atoms with van der Waals surface area (Å²) in [5, 5.41) is 14.2. The number of carbonyl (C=O) groups excluding carboxylic acids is 1. The van der Waals surface area contributed by atoms with Crippen molar-refractivity contribution in [1.29, 1.82) is 0 Å². The van der Waals surface area contributed by atoms with E-state index in [1.165, 1.54) is 6.07 Å². The number of carbonyl (C=O) groups is 1. The Morgan fingerprint density at radius 2 is 1.84 bits per heavy atom. The molecule has 0 bridgehead atoms. The SMILES string of the molecule is CCOc1ccc(-c2cc(C(=O)Nc3ccc(F)c([N+](=O)[O-])c3)c3ccccc3n2)cc1. The lowest BCUT2D eigenvalue weighted by Gasteiger charge is -2.11. The molecule has 0 atom stereocenters. The van der Waals surface area contributed by atoms with Crippen LogP contribution in [0, 0.1) is 15.9 Å². The molecule has 4 aromatic rings. The average Bonchev–Trinajstić information content (AvgIpc) is 2.80. The van der Waals surface area contributed by atoms with Gasteiger partial charge in [-0.25, -0.2) is 4.98 Å². The van der Waals surface area contributed by atoms with E-state index in [9.17, 15) is 19.3 Å². The average molecular weight is 431 g/mol. The van der Waals surface area contributed by atoms with Gasteiger partial charge in [-0.2, -0.15) is 4.39 Å². The van der Waals surface area contributed by atoms with Crippen molar-refractivity contribution in [2.75, 3.05) is 11.9 Å². The Morgan fingerprint density at radius 3 is 2.56 bits per heavy atom. The van der Waals surface area contributed by atoms with Crippen LogP contribution in [0.15, 0.2) is 72.8 Å². The predicted octanol–water partition coefficient (Wildman–Crippen LogP) is 5.60. The number of halogens is 1. The molecule has 0 fully saturated rings. The minimum absolute atomic E-state index is 0.117. The number of pyridine rings is 1. The second-order valence-corrected chi connectivity index (χ2v) is 6.91. The Morgan fingerprint density at radius 1 is 1.09 bits per heavy atom. The number of rotatable bonds is 6. The van der Waals surface area contributed by atoms with Gasteiger partial charge in [0.1, 0.15) is 5.75 Å². The standard InChI is InChI=1S/C24H18FN3O4/c1-2-32-17-10-7-15(8-11-17)22-14-19(18-5-3-4-6-21(18)27-22)24(29)26-16-9-12-20(25)23(13-16)28(30)31/h3-14H,2H2,1H3,(H,26,29). The minimum Gasteiger partial charge on any atom is -0.494 e. The Kier molecular flexibility index (Phi) is 5.76. The number of benzene rings is 3. The summed E-state index contributed by atoms with van der Waals surface area (Å²) in [4.78, 5) is 27.9. The molecule has 0 aliphatic rings. The number of hydrogen-bond acceptors (Lipinski definition) is 5. The Labute approximate surface area is 182 Å². The number of anilines is 1. The number of nitro groups is 1. The molecule has 0 saturated heterocycles. The van der Waals surface area contributed by atoms with Crippen molar-refractivity contribution in [3.05, 3.63) is 94.3 Å². The second kappa shape index (κ2) is 8.81. The summed E-state index contributed by atoms with van der Waals surface area (Å²) in [6, 6.07) is 19.4. The number of nitro benzene ring substituents is 1. The van der Waals surface area contributed by atoms with Crippen LogP contribution >= 0.6 is 0 Å². The van der Waals surface area contributed by atoms with E-state index in [0.29, 0.717) is 28.8 Å². The molecular formula is C24H18FN3O4. The smallest absolute Gasteiger partial charge is 0.306 e. The van der Waals surface area contributed by atoms with E-state index in [4.69, 9.17) is 4.74 Å². The van der Waals surface area contributed by atoms with Crippen LogP contribution in [0.4, 0.5) is 15.8 Å². The van der Waals surface area contributed by atoms with Crippen LogP contribution in [-0.4, -0.2) is 22.4 Å². The van der Waals surface area contributed by atoms with Crippen molar-refractivity contribution in [2.45, 2.75) is 6.92 Å². The largest absolute Gasteiger partial charge is 0.494 e. The number of amides is 1. The summed E-state index contributed by atoms with van der Waals surface area (Å²) in [5.74, 6) is -0.732. The van der Waals surface area contributed by atoms with Gasteiger partial charge in [-0.1, -0.05) is 18.2 Å². The highest BCUT2D eigenvalue weighted by Crippen LogP contribution is 2.28. The van der Waals surface area contributed by atoms with E-state index in [1.807, 2.05) is 37.3 Å². The first-order valence-corrected chi connectivity index (χ1v) is 9.84. The number of nitrogens with one attached hydrogen (secondary N) is 1. The van der Waals surface area contributed by atoms with Crippen LogP contribution < -0.4 is 10.1 Å². The van der Waals surface area contributed by atoms with Crippen molar-refractivity contribution >= 4 is 28.2 Å². The van der Waals surface area contributed by atoms with Crippen molar-refractivity contribution in [3.63, 3.8) is 0 Å². The molecule has 1 amide bonds. The summed E-state index contributed by atoms with van der Waals surface area (Å²) >= 11 is 0. The molecule has 1 aromatic heterocycles. The Bertz CT molecular complexity index is 1320. The lowest BCUT2D eigenvalue weighted by molar-refractivity contribution is -0.387. The second-order valence-electron chi connectivity index (χ2n) is 6.91. The van der Waals surface area contributed by atoms with Crippen molar-refractivity contribution in [3.8, 4) is 17.0 Å². The van der Waals surface area contributed by atoms with Crippen LogP contribution in [0.2, 0.25) is 0 Å². The van der Waals surface area contributed by atoms with Gasteiger partial charge < -0.3 is 10.1 Å². The van der Waals surface area contributed by atoms with E-state index in [1.54, 1.807) is 24.3 Å². The molecule has 160 valence electrons. The third-order valence-electron chi connectivity index (χ3n) is 4.82. The van der Waals surface area contributed by atoms with E-state index in [0.717, 1.165) is 23.4 Å². The first kappa shape index (κ1) is 20.9. The number of fused-ring (bicyclic) bond motifs is 1. The zero-order valence-electron chi connectivity index (χ0n) is 17.0. The third-order valence-corrected chi connectivity index (χ3v) is 4.82. The van der Waals surface area contributed by atoms with E-state index < -0.39 is 22.3 Å². The van der Waals surface area contributed by atoms with Crippen LogP contribution in [0.5, 0.6) is 5.75 Å². The van der Waals surface area contributed by atoms with Crippen LogP contribution in [0.1, 0.15) is 17.3 Å². The van der Waals surface area contributed by atoms with Gasteiger partial charge in [0.2, 0.25) is 5.82 Å². The van der Waals surface area contributed by atoms with E-state index >= 15 is 0 Å². The number of para-hydroxylation sites is 1. The summed E-state index contributed by atoms with van der Waals surface area (Å²) < 4.78 is 19.1. The third kappa shape index (κ3) is 4.24. The fraction of sp³-hybridized carbons (Fsp3) is 0.0833. The Hall–Kier alpha value is -4.33. The lowest BCUT2D eigenvalue weighted by atomic mass is 10.0. The number of nitrogens with zero attached hydrogens (tertiary/aromatic N) is 2. The summed E-state index contributed by atoms with van der Waals surface area (Å²) in [5.41, 5.74) is 1.75. The maximum Gasteiger partial charge on any atom is 0.306 e. The molecule has 1 heterocycles. The maximum atomic E-state index is 13.6. The van der Waals surface area contributed by atoms with Gasteiger partial charge in [0.05, 0.1) is 28.3 Å². The molecule has 0 aliphatic heterocycles. The molecule has 3 aromatic carbocycles. The van der Waals surface area contributed by atoms with Crippen molar-refractivity contribution < 1.29 is 18.8 Å². The molecule has 0 unspecified atom stereocenters. The predicted molar refractivity (Wildman–Crippen MR) is 119 cm³/mol. The van der Waals surface area contributed by atoms with Gasteiger partial charge in [0.25, 0.3) is 5.91 Å². The minimum atomic E-state index is -0.972. The fourth-order valence-corrected chi connectivity index (χ4v) is 3.33. The maximum absolute atomic E-state index is 13.6. The quantitative estimate of drug-likeness (QED) is 0.317. The highest BCUT2D eigenvalue weighted by Gasteiger charge is 2.18. The molecule has 0 saturated carbocycles. The zero-order valence-corrected chi connectivity index (χ0v) is 17.0. The van der Waals surface area contributed by atoms with Gasteiger partial charge in [0, 0.05) is 22.7 Å². The highest BCUT2D eigenvalue weighted by atomic mass is 19.1. The number of hydrogen-bond donors (Lipinski definition) is 1. The molecule has 7 nitrogen and oxygen atoms in total. The fourth-order valence-electron chi connectivity index (χ4n) is 3.33. The summed E-state index contributed by atoms with van der Waals surface area (Å²) in [6.45, 7) is 2.46. The topological polar surface area (TPSA) is 94.4 Å². The number of ether oxygens (including phenoxy) is 1. The van der Waals surface area contributed by atoms with Gasteiger partial charge in [-0.05, 0) is 55.5 Å². The molecule has 8 heteroatoms. The van der Waals surface area contributed by atoms with Gasteiger partial charge in [0.15, 0.2) is 0 Å². The first-order chi connectivity index (χ1) is 15.5. The van der Waals surface area contributed by atoms with E-state index in [-0.39, 0.29) is 5.69 Å². The first-order valence-electron chi connectivity index (χ1n) is 9.84. The Balaban J connectivity index is 1.73. The summed E-state index contributed by atoms with van der Waals surface area (Å²) in [6.07, 6.45) is 0. The van der Waals surface area contributed by atoms with Crippen LogP contribution in [0.3, 0.4) is 0 Å². The molecule has 4 rings (SSSR count). The molecule has 0 spiro atoms. The zero-order chi connectivity index (χ0) is 22.7. The molecular weight excluding hydrogens is 413 g/mol. The lowest BCUT2D eigenvalue weighted by Crippen LogP contribution is -2.13. The molecule has 1 N–H and O–H groups in total. The van der Waals surface area contributed by atoms with Crippen LogP contribution in [0.25, 0.3) is 22.2 Å². The van der Waals surface area contributed by atoms with Crippen molar-refractivity contribution in [1.82, 2.24) is 4.98 Å². The van der Waals surface area contributed by atoms with Crippen LogP contribution in [-0.2, 0) is 0 Å². The van der Waals surface area contributed by atoms with Gasteiger partial charge in [-0.15, -0.1) is 0 Å². The molecule has 0 radical (unpaired) electrons. The normalized spacial score (nSPS) is 10.7. The van der Waals surface area contributed by atoms with Crippen molar-refractivity contribution in [2.24, 2.45) is 0 Å². The molecule has 32 heavy (non-hydrogen) atoms. The number of aromatic nitrogens is 1. The monoisotopic (exact) mass is 431 g/mol. The van der Waals surface area contributed by atoms with Gasteiger partial charge in [-0.3, -0.25) is 14.9 Å².